The van der Waals surface area contributed by atoms with Crippen LogP contribution < -0.4 is 10.9 Å². The minimum atomic E-state index is -0.436. The molecule has 0 atom stereocenters. The van der Waals surface area contributed by atoms with Crippen LogP contribution in [-0.4, -0.2) is 16.0 Å². The normalized spacial score (nSPS) is 13.3. The quantitative estimate of drug-likeness (QED) is 0.671. The number of rotatable bonds is 3. The van der Waals surface area contributed by atoms with E-state index in [1.807, 2.05) is 24.3 Å². The van der Waals surface area contributed by atoms with E-state index in [0.29, 0.717) is 30.9 Å². The molecule has 7 heteroatoms. The van der Waals surface area contributed by atoms with Crippen LogP contribution in [0.25, 0.3) is 0 Å². The summed E-state index contributed by atoms with van der Waals surface area (Å²) in [5.74, 6) is 0.320. The second kappa shape index (κ2) is 5.92. The van der Waals surface area contributed by atoms with E-state index in [9.17, 15) is 14.9 Å². The SMILES string of the molecule is O=c1c(Cc2ccc(Br)cc2)cc([N+](=O)[O-])c2n1CCCN2. The number of nitrogens with zero attached hydrogens (tertiary/aromatic N) is 2. The number of benzene rings is 1. The summed E-state index contributed by atoms with van der Waals surface area (Å²) in [6.45, 7) is 1.16. The van der Waals surface area contributed by atoms with Gasteiger partial charge in [-0.3, -0.25) is 19.5 Å². The molecule has 1 aromatic carbocycles. The van der Waals surface area contributed by atoms with Gasteiger partial charge < -0.3 is 5.32 Å². The Morgan fingerprint density at radius 3 is 2.73 bits per heavy atom. The van der Waals surface area contributed by atoms with Crippen LogP contribution in [0, 0.1) is 10.1 Å². The molecule has 6 nitrogen and oxygen atoms in total. The van der Waals surface area contributed by atoms with E-state index in [1.54, 1.807) is 0 Å². The molecule has 0 aliphatic carbocycles. The number of aromatic nitrogens is 1. The fraction of sp³-hybridized carbons (Fsp3) is 0.267. The predicted octanol–water partition coefficient (Wildman–Crippen LogP) is 2.93. The molecule has 114 valence electrons. The van der Waals surface area contributed by atoms with Crippen LogP contribution in [0.1, 0.15) is 17.5 Å². The van der Waals surface area contributed by atoms with E-state index in [1.165, 1.54) is 10.6 Å². The van der Waals surface area contributed by atoms with E-state index in [-0.39, 0.29) is 11.2 Å². The number of pyridine rings is 1. The molecule has 1 N–H and O–H groups in total. The summed E-state index contributed by atoms with van der Waals surface area (Å²) in [4.78, 5) is 23.4. The van der Waals surface area contributed by atoms with Crippen LogP contribution in [0.3, 0.4) is 0 Å². The van der Waals surface area contributed by atoms with Crippen LogP contribution in [-0.2, 0) is 13.0 Å². The fourth-order valence-electron chi connectivity index (χ4n) is 2.64. The lowest BCUT2D eigenvalue weighted by Crippen LogP contribution is -2.31. The highest BCUT2D eigenvalue weighted by Crippen LogP contribution is 2.27. The molecule has 2 aromatic rings. The first-order chi connectivity index (χ1) is 10.6. The van der Waals surface area contributed by atoms with Crippen molar-refractivity contribution >= 4 is 27.4 Å². The highest BCUT2D eigenvalue weighted by Gasteiger charge is 2.24. The summed E-state index contributed by atoms with van der Waals surface area (Å²) in [6.07, 6.45) is 1.17. The maximum atomic E-state index is 12.6. The van der Waals surface area contributed by atoms with E-state index in [4.69, 9.17) is 0 Å². The molecule has 1 aliphatic rings. The number of halogens is 1. The van der Waals surface area contributed by atoms with Crippen molar-refractivity contribution in [3.8, 4) is 0 Å². The van der Waals surface area contributed by atoms with Crippen molar-refractivity contribution < 1.29 is 4.92 Å². The maximum Gasteiger partial charge on any atom is 0.310 e. The molecule has 0 spiro atoms. The van der Waals surface area contributed by atoms with Gasteiger partial charge in [0.15, 0.2) is 5.82 Å². The lowest BCUT2D eigenvalue weighted by molar-refractivity contribution is -0.384. The Morgan fingerprint density at radius 2 is 2.05 bits per heavy atom. The van der Waals surface area contributed by atoms with Gasteiger partial charge in [0.05, 0.1) is 4.92 Å². The first-order valence-corrected chi connectivity index (χ1v) is 7.75. The lowest BCUT2D eigenvalue weighted by atomic mass is 10.1. The summed E-state index contributed by atoms with van der Waals surface area (Å²) in [5.41, 5.74) is 1.20. The summed E-state index contributed by atoms with van der Waals surface area (Å²) in [5, 5.41) is 14.2. The van der Waals surface area contributed by atoms with Crippen LogP contribution in [0.5, 0.6) is 0 Å². The van der Waals surface area contributed by atoms with Crippen molar-refractivity contribution in [3.05, 3.63) is 66.4 Å². The molecular formula is C15H14BrN3O3. The van der Waals surface area contributed by atoms with Crippen LogP contribution >= 0.6 is 15.9 Å². The highest BCUT2D eigenvalue weighted by molar-refractivity contribution is 9.10. The fourth-order valence-corrected chi connectivity index (χ4v) is 2.90. The Balaban J connectivity index is 2.07. The Morgan fingerprint density at radius 1 is 1.32 bits per heavy atom. The zero-order chi connectivity index (χ0) is 15.7. The number of hydrogen-bond donors (Lipinski definition) is 1. The predicted molar refractivity (Wildman–Crippen MR) is 87.4 cm³/mol. The first kappa shape index (κ1) is 14.8. The van der Waals surface area contributed by atoms with Crippen molar-refractivity contribution in [1.29, 1.82) is 0 Å². The summed E-state index contributed by atoms with van der Waals surface area (Å²) in [6, 6.07) is 8.98. The van der Waals surface area contributed by atoms with Crippen molar-refractivity contribution in [3.63, 3.8) is 0 Å². The zero-order valence-electron chi connectivity index (χ0n) is 11.7. The van der Waals surface area contributed by atoms with Crippen molar-refractivity contribution in [2.75, 3.05) is 11.9 Å². The zero-order valence-corrected chi connectivity index (χ0v) is 13.3. The molecule has 22 heavy (non-hydrogen) atoms. The van der Waals surface area contributed by atoms with E-state index < -0.39 is 4.92 Å². The van der Waals surface area contributed by atoms with E-state index >= 15 is 0 Å². The third-order valence-corrected chi connectivity index (χ3v) is 4.23. The van der Waals surface area contributed by atoms with Crippen molar-refractivity contribution in [2.24, 2.45) is 0 Å². The maximum absolute atomic E-state index is 12.6. The molecule has 0 amide bonds. The summed E-state index contributed by atoms with van der Waals surface area (Å²) >= 11 is 3.36. The number of anilines is 1. The second-order valence-corrected chi connectivity index (χ2v) is 6.12. The van der Waals surface area contributed by atoms with Crippen LogP contribution in [0.15, 0.2) is 39.6 Å². The monoisotopic (exact) mass is 363 g/mol. The Bertz CT molecular complexity index is 784. The van der Waals surface area contributed by atoms with Gasteiger partial charge in [0, 0.05) is 35.6 Å². The average molecular weight is 364 g/mol. The third-order valence-electron chi connectivity index (χ3n) is 3.70. The van der Waals surface area contributed by atoms with Gasteiger partial charge in [0.1, 0.15) is 0 Å². The molecule has 1 aliphatic heterocycles. The smallest absolute Gasteiger partial charge is 0.310 e. The van der Waals surface area contributed by atoms with Gasteiger partial charge in [-0.2, -0.15) is 0 Å². The van der Waals surface area contributed by atoms with Gasteiger partial charge in [-0.1, -0.05) is 28.1 Å². The summed E-state index contributed by atoms with van der Waals surface area (Å²) in [7, 11) is 0. The van der Waals surface area contributed by atoms with Crippen LogP contribution in [0.2, 0.25) is 0 Å². The van der Waals surface area contributed by atoms with Gasteiger partial charge >= 0.3 is 5.69 Å². The van der Waals surface area contributed by atoms with Crippen LogP contribution in [0.4, 0.5) is 11.5 Å². The molecule has 0 fully saturated rings. The van der Waals surface area contributed by atoms with Gasteiger partial charge in [-0.15, -0.1) is 0 Å². The number of nitrogens with one attached hydrogen (secondary N) is 1. The molecule has 0 radical (unpaired) electrons. The molecule has 0 saturated carbocycles. The third kappa shape index (κ3) is 2.76. The molecule has 1 aromatic heterocycles. The Hall–Kier alpha value is -2.15. The summed E-state index contributed by atoms with van der Waals surface area (Å²) < 4.78 is 2.43. The number of hydrogen-bond acceptors (Lipinski definition) is 4. The minimum absolute atomic E-state index is 0.0357. The standard InChI is InChI=1S/C15H14BrN3O3/c16-12-4-2-10(3-5-12)8-11-9-13(19(21)22)14-17-6-1-7-18(14)15(11)20/h2-5,9,17H,1,6-8H2. The molecule has 3 rings (SSSR count). The van der Waals surface area contributed by atoms with Crippen molar-refractivity contribution in [2.45, 2.75) is 19.4 Å². The molecule has 0 saturated heterocycles. The number of nitro groups is 1. The lowest BCUT2D eigenvalue weighted by Gasteiger charge is -2.20. The number of fused-ring (bicyclic) bond motifs is 1. The molecular weight excluding hydrogens is 350 g/mol. The van der Waals surface area contributed by atoms with Gasteiger partial charge in [-0.05, 0) is 24.1 Å². The largest absolute Gasteiger partial charge is 0.366 e. The van der Waals surface area contributed by atoms with Crippen molar-refractivity contribution in [1.82, 2.24) is 4.57 Å². The van der Waals surface area contributed by atoms with E-state index in [0.717, 1.165) is 16.5 Å². The van der Waals surface area contributed by atoms with Gasteiger partial charge in [0.2, 0.25) is 0 Å². The molecule has 2 heterocycles. The topological polar surface area (TPSA) is 77.2 Å². The minimum Gasteiger partial charge on any atom is -0.366 e. The highest BCUT2D eigenvalue weighted by atomic mass is 79.9. The Kier molecular flexibility index (Phi) is 3.98. The molecule has 0 bridgehead atoms. The average Bonchev–Trinajstić information content (AvgIpc) is 2.52. The van der Waals surface area contributed by atoms with Gasteiger partial charge in [0.25, 0.3) is 5.56 Å². The first-order valence-electron chi connectivity index (χ1n) is 6.95. The molecule has 0 unspecified atom stereocenters. The second-order valence-electron chi connectivity index (χ2n) is 5.20. The van der Waals surface area contributed by atoms with E-state index in [2.05, 4.69) is 21.2 Å². The Labute approximate surface area is 135 Å². The van der Waals surface area contributed by atoms with Gasteiger partial charge in [-0.25, -0.2) is 0 Å².